The highest BCUT2D eigenvalue weighted by Gasteiger charge is 2.15. The Morgan fingerprint density at radius 1 is 1.30 bits per heavy atom. The fourth-order valence-corrected chi connectivity index (χ4v) is 2.81. The van der Waals surface area contributed by atoms with Crippen LogP contribution >= 0.6 is 0 Å². The van der Waals surface area contributed by atoms with Crippen LogP contribution in [-0.2, 0) is 10.0 Å². The zero-order chi connectivity index (χ0) is 15.3. The molecule has 0 amide bonds. The first-order valence-corrected chi connectivity index (χ1v) is 8.23. The third kappa shape index (κ3) is 5.11. The standard InChI is InChI=1S/C14H24N2O3S/c1-10(2)19-14-6-5-13(9-11(14)3)20(17,18)16-8-7-12(4)15/h5-6,9-10,12,16H,7-8,15H2,1-4H3/t12-/m0/s1. The maximum atomic E-state index is 12.1. The van der Waals surface area contributed by atoms with E-state index in [1.54, 1.807) is 18.2 Å². The summed E-state index contributed by atoms with van der Waals surface area (Å²) < 4.78 is 32.4. The van der Waals surface area contributed by atoms with Gasteiger partial charge in [-0.25, -0.2) is 13.1 Å². The van der Waals surface area contributed by atoms with Crippen molar-refractivity contribution in [2.75, 3.05) is 6.54 Å². The summed E-state index contributed by atoms with van der Waals surface area (Å²) in [7, 11) is -3.48. The Balaban J connectivity index is 2.83. The molecule has 0 saturated carbocycles. The molecule has 0 unspecified atom stereocenters. The summed E-state index contributed by atoms with van der Waals surface area (Å²) in [6.45, 7) is 7.87. The minimum atomic E-state index is -3.48. The number of ether oxygens (including phenoxy) is 1. The molecule has 0 bridgehead atoms. The second kappa shape index (κ2) is 7.06. The fraction of sp³-hybridized carbons (Fsp3) is 0.571. The van der Waals surface area contributed by atoms with Gasteiger partial charge >= 0.3 is 0 Å². The summed E-state index contributed by atoms with van der Waals surface area (Å²) in [6.07, 6.45) is 0.660. The number of hydrogen-bond donors (Lipinski definition) is 2. The lowest BCUT2D eigenvalue weighted by Gasteiger charge is -2.14. The van der Waals surface area contributed by atoms with Gasteiger partial charge in [-0.3, -0.25) is 0 Å². The number of nitrogens with two attached hydrogens (primary N) is 1. The maximum absolute atomic E-state index is 12.1. The Morgan fingerprint density at radius 2 is 1.95 bits per heavy atom. The van der Waals surface area contributed by atoms with Crippen molar-refractivity contribution < 1.29 is 13.2 Å². The quantitative estimate of drug-likeness (QED) is 0.804. The molecule has 0 aliphatic heterocycles. The monoisotopic (exact) mass is 300 g/mol. The van der Waals surface area contributed by atoms with Crippen molar-refractivity contribution in [3.05, 3.63) is 23.8 Å². The molecular weight excluding hydrogens is 276 g/mol. The van der Waals surface area contributed by atoms with Crippen LogP contribution in [0.25, 0.3) is 0 Å². The molecule has 0 aliphatic rings. The minimum Gasteiger partial charge on any atom is -0.491 e. The molecule has 0 radical (unpaired) electrons. The predicted molar refractivity (Wildman–Crippen MR) is 80.4 cm³/mol. The van der Waals surface area contributed by atoms with E-state index in [0.717, 1.165) is 5.56 Å². The van der Waals surface area contributed by atoms with Crippen molar-refractivity contribution in [1.82, 2.24) is 4.72 Å². The van der Waals surface area contributed by atoms with Gasteiger partial charge < -0.3 is 10.5 Å². The highest BCUT2D eigenvalue weighted by Crippen LogP contribution is 2.22. The average molecular weight is 300 g/mol. The zero-order valence-electron chi connectivity index (χ0n) is 12.5. The van der Waals surface area contributed by atoms with E-state index >= 15 is 0 Å². The van der Waals surface area contributed by atoms with Gasteiger partial charge in [-0.05, 0) is 57.9 Å². The number of rotatable bonds is 7. The van der Waals surface area contributed by atoms with Crippen molar-refractivity contribution in [1.29, 1.82) is 0 Å². The smallest absolute Gasteiger partial charge is 0.240 e. The molecule has 1 rings (SSSR count). The SMILES string of the molecule is Cc1cc(S(=O)(=O)NCC[C@H](C)N)ccc1OC(C)C. The fourth-order valence-electron chi connectivity index (χ4n) is 1.68. The van der Waals surface area contributed by atoms with Crippen LogP contribution in [0, 0.1) is 6.92 Å². The van der Waals surface area contributed by atoms with Crippen molar-refractivity contribution in [3.8, 4) is 5.75 Å². The van der Waals surface area contributed by atoms with E-state index in [9.17, 15) is 8.42 Å². The topological polar surface area (TPSA) is 81.4 Å². The Labute approximate surface area is 121 Å². The Kier molecular flexibility index (Phi) is 5.98. The van der Waals surface area contributed by atoms with Crippen molar-refractivity contribution in [2.45, 2.75) is 51.2 Å². The Morgan fingerprint density at radius 3 is 2.45 bits per heavy atom. The molecule has 0 aliphatic carbocycles. The Hall–Kier alpha value is -1.11. The number of hydrogen-bond acceptors (Lipinski definition) is 4. The van der Waals surface area contributed by atoms with Crippen LogP contribution in [0.3, 0.4) is 0 Å². The maximum Gasteiger partial charge on any atom is 0.240 e. The second-order valence-corrected chi connectivity index (χ2v) is 7.02. The molecule has 114 valence electrons. The normalized spacial score (nSPS) is 13.5. The van der Waals surface area contributed by atoms with Gasteiger partial charge in [0.1, 0.15) is 5.75 Å². The molecule has 1 aromatic rings. The third-order valence-electron chi connectivity index (χ3n) is 2.71. The first-order valence-electron chi connectivity index (χ1n) is 6.75. The largest absolute Gasteiger partial charge is 0.491 e. The van der Waals surface area contributed by atoms with Crippen molar-refractivity contribution >= 4 is 10.0 Å². The van der Waals surface area contributed by atoms with Crippen molar-refractivity contribution in [2.24, 2.45) is 5.73 Å². The third-order valence-corrected chi connectivity index (χ3v) is 4.17. The van der Waals surface area contributed by atoms with Gasteiger partial charge in [0.2, 0.25) is 10.0 Å². The molecule has 3 N–H and O–H groups in total. The van der Waals surface area contributed by atoms with Gasteiger partial charge in [0.15, 0.2) is 0 Å². The molecule has 20 heavy (non-hydrogen) atoms. The van der Waals surface area contributed by atoms with Crippen LogP contribution in [0.4, 0.5) is 0 Å². The van der Waals surface area contributed by atoms with Gasteiger partial charge in [-0.2, -0.15) is 0 Å². The van der Waals surface area contributed by atoms with Crippen LogP contribution in [0.2, 0.25) is 0 Å². The second-order valence-electron chi connectivity index (χ2n) is 5.26. The minimum absolute atomic E-state index is 0.0266. The van der Waals surface area contributed by atoms with E-state index in [-0.39, 0.29) is 17.0 Å². The molecule has 0 fully saturated rings. The summed E-state index contributed by atoms with van der Waals surface area (Å²) in [5.74, 6) is 0.703. The molecule has 5 nitrogen and oxygen atoms in total. The summed E-state index contributed by atoms with van der Waals surface area (Å²) >= 11 is 0. The van der Waals surface area contributed by atoms with E-state index in [2.05, 4.69) is 4.72 Å². The summed E-state index contributed by atoms with van der Waals surface area (Å²) in [5.41, 5.74) is 6.40. The van der Waals surface area contributed by atoms with Crippen LogP contribution < -0.4 is 15.2 Å². The average Bonchev–Trinajstić information content (AvgIpc) is 2.30. The summed E-state index contributed by atoms with van der Waals surface area (Å²) in [4.78, 5) is 0.246. The van der Waals surface area contributed by atoms with Gasteiger partial charge in [0, 0.05) is 12.6 Å². The number of nitrogens with one attached hydrogen (secondary N) is 1. The first kappa shape index (κ1) is 16.9. The summed E-state index contributed by atoms with van der Waals surface area (Å²) in [6, 6.07) is 4.83. The van der Waals surface area contributed by atoms with Crippen LogP contribution in [0.15, 0.2) is 23.1 Å². The van der Waals surface area contributed by atoms with E-state index in [4.69, 9.17) is 10.5 Å². The number of aryl methyl sites for hydroxylation is 1. The van der Waals surface area contributed by atoms with Gasteiger partial charge in [0.05, 0.1) is 11.0 Å². The van der Waals surface area contributed by atoms with Crippen molar-refractivity contribution in [3.63, 3.8) is 0 Å². The van der Waals surface area contributed by atoms with Crippen LogP contribution in [0.1, 0.15) is 32.8 Å². The molecule has 0 saturated heterocycles. The Bertz CT molecular complexity index is 539. The zero-order valence-corrected chi connectivity index (χ0v) is 13.3. The molecular formula is C14H24N2O3S. The van der Waals surface area contributed by atoms with Gasteiger partial charge in [-0.15, -0.1) is 0 Å². The molecule has 0 heterocycles. The molecule has 1 atom stereocenters. The van der Waals surface area contributed by atoms with Crippen LogP contribution in [-0.4, -0.2) is 27.1 Å². The van der Waals surface area contributed by atoms with E-state index in [0.29, 0.717) is 18.7 Å². The highest BCUT2D eigenvalue weighted by atomic mass is 32.2. The summed E-state index contributed by atoms with van der Waals surface area (Å²) in [5, 5.41) is 0. The highest BCUT2D eigenvalue weighted by molar-refractivity contribution is 7.89. The molecule has 6 heteroatoms. The lowest BCUT2D eigenvalue weighted by Crippen LogP contribution is -2.29. The lowest BCUT2D eigenvalue weighted by molar-refractivity contribution is 0.240. The van der Waals surface area contributed by atoms with Gasteiger partial charge in [0.25, 0.3) is 0 Å². The first-order chi connectivity index (χ1) is 9.22. The predicted octanol–water partition coefficient (Wildman–Crippen LogP) is 1.80. The molecule has 0 aromatic heterocycles. The lowest BCUT2D eigenvalue weighted by atomic mass is 10.2. The van der Waals surface area contributed by atoms with E-state index in [1.807, 2.05) is 27.7 Å². The van der Waals surface area contributed by atoms with E-state index < -0.39 is 10.0 Å². The van der Waals surface area contributed by atoms with Gasteiger partial charge in [-0.1, -0.05) is 0 Å². The van der Waals surface area contributed by atoms with Crippen LogP contribution in [0.5, 0.6) is 5.75 Å². The number of benzene rings is 1. The molecule has 0 spiro atoms. The van der Waals surface area contributed by atoms with E-state index in [1.165, 1.54) is 0 Å². The number of sulfonamides is 1. The molecule has 1 aromatic carbocycles.